The Balaban J connectivity index is 1.20. The molecule has 0 fully saturated rings. The third kappa shape index (κ3) is 4.05. The van der Waals surface area contributed by atoms with Crippen LogP contribution >= 0.6 is 0 Å². The van der Waals surface area contributed by atoms with Crippen molar-refractivity contribution in [3.63, 3.8) is 0 Å². The number of furan rings is 1. The van der Waals surface area contributed by atoms with Crippen molar-refractivity contribution in [2.24, 2.45) is 0 Å². The molecule has 4 heteroatoms. The number of rotatable bonds is 3. The van der Waals surface area contributed by atoms with Crippen molar-refractivity contribution in [2.45, 2.75) is 0 Å². The monoisotopic (exact) mass is 599 g/mol. The predicted molar refractivity (Wildman–Crippen MR) is 193 cm³/mol. The Morgan fingerprint density at radius 2 is 0.894 bits per heavy atom. The van der Waals surface area contributed by atoms with Gasteiger partial charge in [-0.2, -0.15) is 0 Å². The summed E-state index contributed by atoms with van der Waals surface area (Å²) in [6.45, 7) is 0. The van der Waals surface area contributed by atoms with E-state index >= 15 is 0 Å². The first-order chi connectivity index (χ1) is 23.3. The summed E-state index contributed by atoms with van der Waals surface area (Å²) in [6, 6.07) is 52.7. The van der Waals surface area contributed by atoms with E-state index in [4.69, 9.17) is 19.4 Å². The van der Waals surface area contributed by atoms with Gasteiger partial charge in [-0.15, -0.1) is 0 Å². The highest BCUT2D eigenvalue weighted by Gasteiger charge is 2.18. The van der Waals surface area contributed by atoms with Crippen molar-refractivity contribution in [2.75, 3.05) is 0 Å². The molecule has 0 aliphatic carbocycles. The summed E-state index contributed by atoms with van der Waals surface area (Å²) in [7, 11) is 0. The Morgan fingerprint density at radius 3 is 1.68 bits per heavy atom. The number of fused-ring (bicyclic) bond motifs is 11. The number of hydrogen-bond acceptors (Lipinski definition) is 4. The molecule has 0 atom stereocenters. The molecule has 0 aliphatic heterocycles. The largest absolute Gasteiger partial charge is 0.455 e. The molecule has 4 nitrogen and oxygen atoms in total. The van der Waals surface area contributed by atoms with E-state index in [2.05, 4.69) is 109 Å². The van der Waals surface area contributed by atoms with E-state index in [1.165, 1.54) is 26.9 Å². The van der Waals surface area contributed by atoms with Crippen LogP contribution in [0.2, 0.25) is 0 Å². The lowest BCUT2D eigenvalue weighted by atomic mass is 9.92. The van der Waals surface area contributed by atoms with Gasteiger partial charge in [-0.1, -0.05) is 127 Å². The molecule has 8 aromatic carbocycles. The highest BCUT2D eigenvalue weighted by atomic mass is 16.3. The molecule has 2 aromatic heterocycles. The second kappa shape index (κ2) is 10.1. The van der Waals surface area contributed by atoms with Crippen LogP contribution in [0, 0.1) is 0 Å². The van der Waals surface area contributed by atoms with Gasteiger partial charge in [0, 0.05) is 38.2 Å². The minimum absolute atomic E-state index is 0.640. The van der Waals surface area contributed by atoms with Gasteiger partial charge in [0.05, 0.1) is 0 Å². The highest BCUT2D eigenvalue weighted by Crippen LogP contribution is 2.43. The van der Waals surface area contributed by atoms with Crippen molar-refractivity contribution >= 4 is 65.0 Å². The van der Waals surface area contributed by atoms with Gasteiger partial charge in [0.15, 0.2) is 17.5 Å². The van der Waals surface area contributed by atoms with E-state index in [9.17, 15) is 0 Å². The summed E-state index contributed by atoms with van der Waals surface area (Å²) in [5.74, 6) is 1.94. The Bertz CT molecular complexity index is 2850. The zero-order valence-electron chi connectivity index (χ0n) is 25.2. The fourth-order valence-electron chi connectivity index (χ4n) is 7.05. The number of hydrogen-bond donors (Lipinski definition) is 0. The average molecular weight is 600 g/mol. The van der Waals surface area contributed by atoms with Crippen LogP contribution in [0.3, 0.4) is 0 Å². The maximum absolute atomic E-state index is 6.53. The predicted octanol–water partition coefficient (Wildman–Crippen LogP) is 11.4. The van der Waals surface area contributed by atoms with Crippen LogP contribution in [0.4, 0.5) is 0 Å². The van der Waals surface area contributed by atoms with Crippen molar-refractivity contribution in [1.82, 2.24) is 15.0 Å². The van der Waals surface area contributed by atoms with Crippen LogP contribution in [-0.4, -0.2) is 15.0 Å². The summed E-state index contributed by atoms with van der Waals surface area (Å²) < 4.78 is 6.53. The maximum atomic E-state index is 6.53. The summed E-state index contributed by atoms with van der Waals surface area (Å²) in [4.78, 5) is 15.0. The van der Waals surface area contributed by atoms with Crippen LogP contribution in [0.25, 0.3) is 99.2 Å². The van der Waals surface area contributed by atoms with Crippen LogP contribution in [0.15, 0.2) is 156 Å². The summed E-state index contributed by atoms with van der Waals surface area (Å²) >= 11 is 0. The topological polar surface area (TPSA) is 51.8 Å². The van der Waals surface area contributed by atoms with Crippen LogP contribution in [-0.2, 0) is 0 Å². The molecule has 0 spiro atoms. The number of aromatic nitrogens is 3. The van der Waals surface area contributed by atoms with Gasteiger partial charge in [-0.25, -0.2) is 15.0 Å². The standard InChI is InChI=1S/C43H25N3O/c1-2-11-27(12-3-1)41-44-42(30-19-18-26-10-4-5-13-28(26)24-30)46-43(45-41)31-21-22-32-29(25-31)20-23-36-38(32)33-14-6-7-15-34(33)39-35-16-8-9-17-37(35)47-40(36)39/h1-25H. The molecule has 10 aromatic rings. The third-order valence-electron chi connectivity index (χ3n) is 9.26. The fourth-order valence-corrected chi connectivity index (χ4v) is 7.05. The Labute approximate surface area is 269 Å². The van der Waals surface area contributed by atoms with E-state index < -0.39 is 0 Å². The zero-order valence-corrected chi connectivity index (χ0v) is 25.2. The number of nitrogens with zero attached hydrogens (tertiary/aromatic N) is 3. The molecule has 0 saturated carbocycles. The van der Waals surface area contributed by atoms with Crippen molar-refractivity contribution in [3.8, 4) is 34.2 Å². The lowest BCUT2D eigenvalue weighted by Gasteiger charge is -2.12. The van der Waals surface area contributed by atoms with Crippen molar-refractivity contribution < 1.29 is 4.42 Å². The smallest absolute Gasteiger partial charge is 0.164 e. The summed E-state index contributed by atoms with van der Waals surface area (Å²) in [5, 5.41) is 11.6. The van der Waals surface area contributed by atoms with Crippen LogP contribution < -0.4 is 0 Å². The van der Waals surface area contributed by atoms with Gasteiger partial charge in [0.2, 0.25) is 0 Å². The Morgan fingerprint density at radius 1 is 0.340 bits per heavy atom. The zero-order chi connectivity index (χ0) is 30.9. The first-order valence-electron chi connectivity index (χ1n) is 15.8. The molecule has 0 saturated heterocycles. The number of benzene rings is 8. The molecule has 0 amide bonds. The lowest BCUT2D eigenvalue weighted by molar-refractivity contribution is 0.673. The van der Waals surface area contributed by atoms with Crippen molar-refractivity contribution in [3.05, 3.63) is 152 Å². The lowest BCUT2D eigenvalue weighted by Crippen LogP contribution is -2.00. The van der Waals surface area contributed by atoms with E-state index in [1.807, 2.05) is 42.5 Å². The molecular weight excluding hydrogens is 574 g/mol. The van der Waals surface area contributed by atoms with E-state index in [1.54, 1.807) is 0 Å². The Kier molecular flexibility index (Phi) is 5.54. The molecule has 218 valence electrons. The molecule has 0 bridgehead atoms. The van der Waals surface area contributed by atoms with E-state index in [0.717, 1.165) is 54.8 Å². The van der Waals surface area contributed by atoms with E-state index in [0.29, 0.717) is 17.5 Å². The second-order valence-electron chi connectivity index (χ2n) is 12.0. The molecule has 0 unspecified atom stereocenters. The van der Waals surface area contributed by atoms with Crippen LogP contribution in [0.1, 0.15) is 0 Å². The maximum Gasteiger partial charge on any atom is 0.164 e. The third-order valence-corrected chi connectivity index (χ3v) is 9.26. The molecular formula is C43H25N3O. The molecule has 10 rings (SSSR count). The highest BCUT2D eigenvalue weighted by molar-refractivity contribution is 6.34. The molecule has 47 heavy (non-hydrogen) atoms. The normalized spacial score (nSPS) is 11.8. The van der Waals surface area contributed by atoms with Gasteiger partial charge in [-0.3, -0.25) is 0 Å². The second-order valence-corrected chi connectivity index (χ2v) is 12.0. The van der Waals surface area contributed by atoms with E-state index in [-0.39, 0.29) is 0 Å². The van der Waals surface area contributed by atoms with Gasteiger partial charge < -0.3 is 4.42 Å². The minimum atomic E-state index is 0.640. The molecule has 0 N–H and O–H groups in total. The molecule has 0 radical (unpaired) electrons. The van der Waals surface area contributed by atoms with Gasteiger partial charge in [-0.05, 0) is 56.6 Å². The average Bonchev–Trinajstić information content (AvgIpc) is 3.54. The Hall–Kier alpha value is -6.39. The number of para-hydroxylation sites is 1. The summed E-state index contributed by atoms with van der Waals surface area (Å²) in [5.41, 5.74) is 4.68. The molecule has 0 aliphatic rings. The van der Waals surface area contributed by atoms with Crippen molar-refractivity contribution in [1.29, 1.82) is 0 Å². The summed E-state index contributed by atoms with van der Waals surface area (Å²) in [6.07, 6.45) is 0. The van der Waals surface area contributed by atoms with Gasteiger partial charge in [0.25, 0.3) is 0 Å². The van der Waals surface area contributed by atoms with Crippen LogP contribution in [0.5, 0.6) is 0 Å². The SMILES string of the molecule is c1ccc(-c2nc(-c3ccc4ccccc4c3)nc(-c3ccc4c(ccc5c6oc7ccccc7c6c6ccccc6c45)c3)n2)cc1. The van der Waals surface area contributed by atoms with Gasteiger partial charge >= 0.3 is 0 Å². The quantitative estimate of drug-likeness (QED) is 0.190. The molecule has 2 heterocycles. The first-order valence-corrected chi connectivity index (χ1v) is 15.8. The first kappa shape index (κ1) is 25.9. The fraction of sp³-hybridized carbons (Fsp3) is 0. The minimum Gasteiger partial charge on any atom is -0.455 e. The van der Waals surface area contributed by atoms with Gasteiger partial charge in [0.1, 0.15) is 11.2 Å².